The van der Waals surface area contributed by atoms with Gasteiger partial charge in [0.25, 0.3) is 5.91 Å². The molecule has 5 heteroatoms. The zero-order valence-corrected chi connectivity index (χ0v) is 13.6. The number of nitrogens with one attached hydrogen (secondary N) is 1. The summed E-state index contributed by atoms with van der Waals surface area (Å²) in [4.78, 5) is 26.1. The quantitative estimate of drug-likeness (QED) is 0.924. The number of hydrogen-bond acceptors (Lipinski definition) is 2. The van der Waals surface area contributed by atoms with Crippen molar-refractivity contribution in [2.45, 2.75) is 19.8 Å². The Kier molecular flexibility index (Phi) is 4.35. The summed E-state index contributed by atoms with van der Waals surface area (Å²) in [5, 5.41) is 3.25. The minimum absolute atomic E-state index is 0.127. The third-order valence-electron chi connectivity index (χ3n) is 3.95. The first-order chi connectivity index (χ1) is 11.1. The topological polar surface area (TPSA) is 49.4 Å². The molecule has 3 rings (SSSR count). The van der Waals surface area contributed by atoms with Gasteiger partial charge < -0.3 is 10.2 Å². The molecule has 0 atom stereocenters. The van der Waals surface area contributed by atoms with E-state index in [9.17, 15) is 9.59 Å². The number of benzene rings is 2. The maximum Gasteiger partial charge on any atom is 0.257 e. The van der Waals surface area contributed by atoms with Crippen LogP contribution in [0.15, 0.2) is 42.5 Å². The van der Waals surface area contributed by atoms with E-state index in [2.05, 4.69) is 5.32 Å². The van der Waals surface area contributed by atoms with Crippen LogP contribution in [-0.2, 0) is 4.79 Å². The number of carbonyl (C=O) groups is 2. The van der Waals surface area contributed by atoms with Crippen molar-refractivity contribution < 1.29 is 9.59 Å². The summed E-state index contributed by atoms with van der Waals surface area (Å²) in [5.41, 5.74) is 2.93. The van der Waals surface area contributed by atoms with Crippen molar-refractivity contribution in [3.63, 3.8) is 0 Å². The fourth-order valence-electron chi connectivity index (χ4n) is 2.72. The second kappa shape index (κ2) is 6.42. The molecule has 0 aliphatic carbocycles. The summed E-state index contributed by atoms with van der Waals surface area (Å²) >= 11 is 6.05. The molecule has 1 saturated heterocycles. The van der Waals surface area contributed by atoms with Crippen LogP contribution in [0.2, 0.25) is 5.02 Å². The molecule has 1 fully saturated rings. The highest BCUT2D eigenvalue weighted by molar-refractivity contribution is 6.34. The molecule has 23 heavy (non-hydrogen) atoms. The van der Waals surface area contributed by atoms with E-state index in [4.69, 9.17) is 11.6 Å². The summed E-state index contributed by atoms with van der Waals surface area (Å²) in [6.45, 7) is 2.68. The highest BCUT2D eigenvalue weighted by Crippen LogP contribution is 2.28. The molecular weight excluding hydrogens is 312 g/mol. The average molecular weight is 329 g/mol. The molecule has 0 radical (unpaired) electrons. The normalized spacial score (nSPS) is 14.2. The largest absolute Gasteiger partial charge is 0.322 e. The Morgan fingerprint density at radius 1 is 1.22 bits per heavy atom. The Morgan fingerprint density at radius 3 is 2.70 bits per heavy atom. The molecule has 0 spiro atoms. The summed E-state index contributed by atoms with van der Waals surface area (Å²) in [6.07, 6.45) is 1.45. The second-order valence-electron chi connectivity index (χ2n) is 5.58. The lowest BCUT2D eigenvalue weighted by molar-refractivity contribution is -0.117. The molecule has 1 aliphatic heterocycles. The molecule has 1 heterocycles. The lowest BCUT2D eigenvalue weighted by Gasteiger charge is -2.19. The van der Waals surface area contributed by atoms with Gasteiger partial charge in [0.15, 0.2) is 0 Å². The minimum Gasteiger partial charge on any atom is -0.322 e. The molecule has 118 valence electrons. The van der Waals surface area contributed by atoms with Crippen LogP contribution in [0.3, 0.4) is 0 Å². The lowest BCUT2D eigenvalue weighted by atomic mass is 10.1. The van der Waals surface area contributed by atoms with Gasteiger partial charge >= 0.3 is 0 Å². The van der Waals surface area contributed by atoms with Crippen molar-refractivity contribution in [1.29, 1.82) is 0 Å². The fourth-order valence-corrected chi connectivity index (χ4v) is 2.95. The molecule has 1 N–H and O–H groups in total. The van der Waals surface area contributed by atoms with E-state index in [0.29, 0.717) is 22.7 Å². The van der Waals surface area contributed by atoms with E-state index >= 15 is 0 Å². The molecule has 4 nitrogen and oxygen atoms in total. The number of amides is 2. The Labute approximate surface area is 140 Å². The minimum atomic E-state index is -0.266. The molecule has 0 bridgehead atoms. The van der Waals surface area contributed by atoms with Gasteiger partial charge in [0, 0.05) is 24.3 Å². The molecule has 0 saturated carbocycles. The van der Waals surface area contributed by atoms with Crippen LogP contribution in [0, 0.1) is 6.92 Å². The van der Waals surface area contributed by atoms with Gasteiger partial charge in [0.05, 0.1) is 10.6 Å². The van der Waals surface area contributed by atoms with Crippen molar-refractivity contribution in [3.8, 4) is 0 Å². The predicted molar refractivity (Wildman–Crippen MR) is 92.2 cm³/mol. The van der Waals surface area contributed by atoms with Gasteiger partial charge in [0.1, 0.15) is 0 Å². The predicted octanol–water partition coefficient (Wildman–Crippen LogP) is 4.03. The van der Waals surface area contributed by atoms with Crippen molar-refractivity contribution in [2.75, 3.05) is 16.8 Å². The smallest absolute Gasteiger partial charge is 0.257 e. The molecule has 0 aromatic heterocycles. The zero-order valence-electron chi connectivity index (χ0n) is 12.8. The van der Waals surface area contributed by atoms with Crippen LogP contribution in [0.4, 0.5) is 11.4 Å². The first kappa shape index (κ1) is 15.6. The summed E-state index contributed by atoms with van der Waals surface area (Å²) < 4.78 is 0. The number of carbonyl (C=O) groups excluding carboxylic acids is 2. The van der Waals surface area contributed by atoms with Crippen LogP contribution >= 0.6 is 11.6 Å². The zero-order chi connectivity index (χ0) is 16.4. The molecule has 0 unspecified atom stereocenters. The molecular formula is C18H17ClN2O2. The molecule has 2 amide bonds. The molecule has 1 aliphatic rings. The lowest BCUT2D eigenvalue weighted by Crippen LogP contribution is -2.24. The number of nitrogens with zero attached hydrogens (tertiary/aromatic N) is 1. The van der Waals surface area contributed by atoms with Gasteiger partial charge in [0.2, 0.25) is 5.91 Å². The number of hydrogen-bond donors (Lipinski definition) is 1. The van der Waals surface area contributed by atoms with Crippen LogP contribution in [0.1, 0.15) is 28.8 Å². The van der Waals surface area contributed by atoms with Gasteiger partial charge in [-0.05, 0) is 43.2 Å². The number of aryl methyl sites for hydroxylation is 1. The summed E-state index contributed by atoms with van der Waals surface area (Å²) in [5.74, 6) is -0.138. The van der Waals surface area contributed by atoms with Crippen LogP contribution in [-0.4, -0.2) is 18.4 Å². The van der Waals surface area contributed by atoms with Crippen molar-refractivity contribution in [3.05, 3.63) is 58.6 Å². The van der Waals surface area contributed by atoms with Crippen LogP contribution < -0.4 is 10.2 Å². The van der Waals surface area contributed by atoms with E-state index in [1.54, 1.807) is 29.2 Å². The van der Waals surface area contributed by atoms with Gasteiger partial charge in [-0.1, -0.05) is 29.8 Å². The van der Waals surface area contributed by atoms with Crippen LogP contribution in [0.5, 0.6) is 0 Å². The van der Waals surface area contributed by atoms with Crippen molar-refractivity contribution in [2.24, 2.45) is 0 Å². The first-order valence-corrected chi connectivity index (χ1v) is 7.91. The highest BCUT2D eigenvalue weighted by atomic mass is 35.5. The SMILES string of the molecule is Cc1ccc(NC(=O)c2ccccc2Cl)cc1N1CCCC1=O. The van der Waals surface area contributed by atoms with Crippen molar-refractivity contribution in [1.82, 2.24) is 0 Å². The monoisotopic (exact) mass is 328 g/mol. The van der Waals surface area contributed by atoms with E-state index in [1.807, 2.05) is 25.1 Å². The average Bonchev–Trinajstić information content (AvgIpc) is 2.95. The second-order valence-corrected chi connectivity index (χ2v) is 5.99. The summed E-state index contributed by atoms with van der Waals surface area (Å²) in [7, 11) is 0. The van der Waals surface area contributed by atoms with E-state index in [0.717, 1.165) is 24.2 Å². The Hall–Kier alpha value is -2.33. The van der Waals surface area contributed by atoms with E-state index < -0.39 is 0 Å². The standard InChI is InChI=1S/C18H17ClN2O2/c1-12-8-9-13(11-16(12)21-10-4-7-17(21)22)20-18(23)14-5-2-3-6-15(14)19/h2-3,5-6,8-9,11H,4,7,10H2,1H3,(H,20,23). The maximum atomic E-state index is 12.3. The van der Waals surface area contributed by atoms with Crippen LogP contribution in [0.25, 0.3) is 0 Å². The Bertz CT molecular complexity index is 773. The Balaban J connectivity index is 1.85. The maximum absolute atomic E-state index is 12.3. The summed E-state index contributed by atoms with van der Waals surface area (Å²) in [6, 6.07) is 12.5. The van der Waals surface area contributed by atoms with E-state index in [-0.39, 0.29) is 11.8 Å². The van der Waals surface area contributed by atoms with Gasteiger partial charge in [-0.15, -0.1) is 0 Å². The van der Waals surface area contributed by atoms with Crippen molar-refractivity contribution >= 4 is 34.8 Å². The highest BCUT2D eigenvalue weighted by Gasteiger charge is 2.23. The molecule has 2 aromatic rings. The number of halogens is 1. The Morgan fingerprint density at radius 2 is 2.00 bits per heavy atom. The third kappa shape index (κ3) is 3.22. The van der Waals surface area contributed by atoms with E-state index in [1.165, 1.54) is 0 Å². The molecule has 2 aromatic carbocycles. The van der Waals surface area contributed by atoms with Gasteiger partial charge in [-0.2, -0.15) is 0 Å². The first-order valence-electron chi connectivity index (χ1n) is 7.53. The number of rotatable bonds is 3. The third-order valence-corrected chi connectivity index (χ3v) is 4.28. The van der Waals surface area contributed by atoms with Gasteiger partial charge in [-0.3, -0.25) is 9.59 Å². The fraction of sp³-hybridized carbons (Fsp3) is 0.222. The van der Waals surface area contributed by atoms with Gasteiger partial charge in [-0.25, -0.2) is 0 Å². The number of anilines is 2.